The van der Waals surface area contributed by atoms with Crippen molar-refractivity contribution in [1.82, 2.24) is 4.90 Å². The van der Waals surface area contributed by atoms with Gasteiger partial charge in [-0.2, -0.15) is 0 Å². The van der Waals surface area contributed by atoms with Gasteiger partial charge >= 0.3 is 12.1 Å². The molecule has 0 aliphatic carbocycles. The number of carbonyl (C=O) groups is 3. The topological polar surface area (TPSA) is 94.5 Å². The quantitative estimate of drug-likeness (QED) is 0.239. The summed E-state index contributed by atoms with van der Waals surface area (Å²) in [4.78, 5) is 37.5. The summed E-state index contributed by atoms with van der Waals surface area (Å²) < 4.78 is 8.54. The van der Waals surface area contributed by atoms with E-state index in [0.717, 1.165) is 11.8 Å². The molecule has 9 heteroatoms. The number of rotatable bonds is 4. The molecule has 0 aromatic heterocycles. The second kappa shape index (κ2) is 7.44. The van der Waals surface area contributed by atoms with Crippen molar-refractivity contribution in [1.29, 1.82) is 0 Å². The first-order valence-corrected chi connectivity index (χ1v) is 4.64. The van der Waals surface area contributed by atoms with Crippen LogP contribution >= 0.6 is 11.6 Å². The second-order valence-electron chi connectivity index (χ2n) is 2.82. The molecule has 0 fully saturated rings. The molecular formula is C8H11ClN2O6. The van der Waals surface area contributed by atoms with Crippen LogP contribution in [-0.2, 0) is 23.9 Å². The fourth-order valence-corrected chi connectivity index (χ4v) is 0.691. The van der Waals surface area contributed by atoms with Crippen LogP contribution in [0.3, 0.4) is 0 Å². The number of halogens is 1. The Morgan fingerprint density at radius 3 is 2.29 bits per heavy atom. The summed E-state index contributed by atoms with van der Waals surface area (Å²) >= 11 is 5.40. The van der Waals surface area contributed by atoms with Crippen molar-refractivity contribution in [2.45, 2.75) is 6.92 Å². The fraction of sp³-hybridized carbons (Fsp3) is 0.500. The van der Waals surface area contributed by atoms with Crippen LogP contribution in [0.5, 0.6) is 0 Å². The van der Waals surface area contributed by atoms with E-state index in [1.807, 2.05) is 0 Å². The highest BCUT2D eigenvalue weighted by Gasteiger charge is 2.13. The molecule has 1 amide bonds. The Balaban J connectivity index is 4.01. The van der Waals surface area contributed by atoms with Gasteiger partial charge in [-0.25, -0.2) is 4.79 Å². The third-order valence-corrected chi connectivity index (χ3v) is 1.45. The van der Waals surface area contributed by atoms with Crippen LogP contribution in [0.2, 0.25) is 0 Å². The monoisotopic (exact) mass is 266 g/mol. The average molecular weight is 267 g/mol. The Morgan fingerprint density at radius 1 is 1.24 bits per heavy atom. The molecule has 0 radical (unpaired) electrons. The van der Waals surface area contributed by atoms with E-state index in [2.05, 4.69) is 19.5 Å². The van der Waals surface area contributed by atoms with E-state index in [4.69, 9.17) is 11.6 Å². The molecule has 96 valence electrons. The molecule has 0 aromatic rings. The number of esters is 1. The SMILES string of the molecule is CC(=O)OCOC(=O)ON=C(Cl)C(=O)N(C)C. The van der Waals surface area contributed by atoms with Gasteiger partial charge in [0, 0.05) is 21.0 Å². The first-order chi connectivity index (χ1) is 7.84. The van der Waals surface area contributed by atoms with Crippen molar-refractivity contribution >= 4 is 34.8 Å². The normalized spacial score (nSPS) is 10.5. The zero-order valence-corrected chi connectivity index (χ0v) is 10.2. The number of oxime groups is 1. The first-order valence-electron chi connectivity index (χ1n) is 4.27. The van der Waals surface area contributed by atoms with Crippen molar-refractivity contribution in [3.8, 4) is 0 Å². The summed E-state index contributed by atoms with van der Waals surface area (Å²) in [6, 6.07) is 0. The predicted molar refractivity (Wildman–Crippen MR) is 56.2 cm³/mol. The largest absolute Gasteiger partial charge is 0.538 e. The Morgan fingerprint density at radius 2 is 1.82 bits per heavy atom. The van der Waals surface area contributed by atoms with Crippen molar-refractivity contribution in [2.75, 3.05) is 20.9 Å². The molecule has 0 aromatic carbocycles. The number of carbonyl (C=O) groups excluding carboxylic acids is 3. The van der Waals surface area contributed by atoms with Gasteiger partial charge in [0.05, 0.1) is 0 Å². The highest BCUT2D eigenvalue weighted by molar-refractivity contribution is 6.82. The van der Waals surface area contributed by atoms with Crippen LogP contribution in [0.25, 0.3) is 0 Å². The zero-order valence-electron chi connectivity index (χ0n) is 9.43. The van der Waals surface area contributed by atoms with Gasteiger partial charge in [-0.1, -0.05) is 16.8 Å². The van der Waals surface area contributed by atoms with Gasteiger partial charge in [0.25, 0.3) is 5.91 Å². The summed E-state index contributed by atoms with van der Waals surface area (Å²) in [6.45, 7) is 0.530. The highest BCUT2D eigenvalue weighted by atomic mass is 35.5. The van der Waals surface area contributed by atoms with Gasteiger partial charge in [-0.15, -0.1) is 0 Å². The smallest absolute Gasteiger partial charge is 0.428 e. The summed E-state index contributed by atoms with van der Waals surface area (Å²) in [5.41, 5.74) is 0. The predicted octanol–water partition coefficient (Wildman–Crippen LogP) is 0.301. The van der Waals surface area contributed by atoms with Crippen LogP contribution in [0, 0.1) is 0 Å². The molecule has 0 rings (SSSR count). The number of nitrogens with zero attached hydrogens (tertiary/aromatic N) is 2. The Hall–Kier alpha value is -1.83. The van der Waals surface area contributed by atoms with Gasteiger partial charge < -0.3 is 14.4 Å². The molecule has 0 aliphatic heterocycles. The lowest BCUT2D eigenvalue weighted by Gasteiger charge is -2.07. The molecule has 0 saturated heterocycles. The molecule has 8 nitrogen and oxygen atoms in total. The Labute approximate surface area is 102 Å². The molecule has 0 spiro atoms. The maximum Gasteiger partial charge on any atom is 0.538 e. The second-order valence-corrected chi connectivity index (χ2v) is 3.18. The van der Waals surface area contributed by atoms with Crippen molar-refractivity contribution in [3.05, 3.63) is 0 Å². The Bertz CT molecular complexity index is 341. The minimum absolute atomic E-state index is 0.542. The maximum atomic E-state index is 11.1. The molecule has 0 aliphatic rings. The molecule has 17 heavy (non-hydrogen) atoms. The summed E-state index contributed by atoms with van der Waals surface area (Å²) in [6.07, 6.45) is -1.25. The van der Waals surface area contributed by atoms with Crippen molar-refractivity contribution < 1.29 is 28.7 Å². The molecule has 0 N–H and O–H groups in total. The summed E-state index contributed by atoms with van der Waals surface area (Å²) in [5, 5.41) is 2.48. The van der Waals surface area contributed by atoms with E-state index >= 15 is 0 Å². The van der Waals surface area contributed by atoms with Gasteiger partial charge in [0.1, 0.15) is 0 Å². The average Bonchev–Trinajstić information content (AvgIpc) is 2.24. The van der Waals surface area contributed by atoms with Crippen LogP contribution in [0.15, 0.2) is 5.16 Å². The van der Waals surface area contributed by atoms with Crippen molar-refractivity contribution in [3.63, 3.8) is 0 Å². The third kappa shape index (κ3) is 7.12. The third-order valence-electron chi connectivity index (χ3n) is 1.22. The van der Waals surface area contributed by atoms with Gasteiger partial charge in [-0.05, 0) is 0 Å². The number of ether oxygens (including phenoxy) is 2. The first kappa shape index (κ1) is 15.2. The standard InChI is InChI=1S/C8H11ClN2O6/c1-5(12)15-4-16-8(14)17-10-6(9)7(13)11(2)3/h4H2,1-3H3. The highest BCUT2D eigenvalue weighted by Crippen LogP contribution is 1.95. The molecule has 0 bridgehead atoms. The van der Waals surface area contributed by atoms with E-state index < -0.39 is 30.0 Å². The van der Waals surface area contributed by atoms with Gasteiger partial charge in [0.2, 0.25) is 12.0 Å². The Kier molecular flexibility index (Phi) is 6.64. The van der Waals surface area contributed by atoms with Gasteiger partial charge in [0.15, 0.2) is 0 Å². The molecule has 0 saturated carbocycles. The van der Waals surface area contributed by atoms with Crippen LogP contribution in [-0.4, -0.2) is 49.0 Å². The summed E-state index contributed by atoms with van der Waals surface area (Å²) in [7, 11) is 2.89. The molecule has 0 heterocycles. The minimum atomic E-state index is -1.25. The maximum absolute atomic E-state index is 11.1. The lowest BCUT2D eigenvalue weighted by Crippen LogP contribution is -2.27. The van der Waals surface area contributed by atoms with E-state index in [-0.39, 0.29) is 0 Å². The lowest BCUT2D eigenvalue weighted by atomic mass is 10.6. The van der Waals surface area contributed by atoms with E-state index in [1.165, 1.54) is 14.1 Å². The van der Waals surface area contributed by atoms with E-state index in [0.29, 0.717) is 0 Å². The van der Waals surface area contributed by atoms with Crippen LogP contribution in [0.1, 0.15) is 6.92 Å². The van der Waals surface area contributed by atoms with Crippen molar-refractivity contribution in [2.24, 2.45) is 5.16 Å². The fourth-order valence-electron chi connectivity index (χ4n) is 0.488. The van der Waals surface area contributed by atoms with E-state index in [1.54, 1.807) is 0 Å². The van der Waals surface area contributed by atoms with E-state index in [9.17, 15) is 14.4 Å². The number of hydrogen-bond donors (Lipinski definition) is 0. The molecular weight excluding hydrogens is 256 g/mol. The van der Waals surface area contributed by atoms with Gasteiger partial charge in [-0.3, -0.25) is 14.4 Å². The zero-order chi connectivity index (χ0) is 13.4. The lowest BCUT2D eigenvalue weighted by molar-refractivity contribution is -0.150. The molecule has 0 unspecified atom stereocenters. The number of hydrogen-bond acceptors (Lipinski definition) is 7. The van der Waals surface area contributed by atoms with Crippen LogP contribution in [0.4, 0.5) is 4.79 Å². The van der Waals surface area contributed by atoms with Crippen LogP contribution < -0.4 is 0 Å². The number of amides is 1. The molecule has 0 atom stereocenters. The summed E-state index contributed by atoms with van der Waals surface area (Å²) in [5.74, 6) is -1.26. The minimum Gasteiger partial charge on any atom is -0.428 e.